The van der Waals surface area contributed by atoms with Crippen LogP contribution in [0, 0.1) is 5.92 Å². The Hall–Kier alpha value is -2.27. The molecular formula is C17H16F8O4. The maximum atomic E-state index is 13.1. The van der Waals surface area contributed by atoms with Gasteiger partial charge in [0, 0.05) is 5.56 Å². The SMILES string of the molecule is O=C(O)C1CCC(c2cc(OC(F)(F)F)ccc2OCC(F)(F)C(F)(F)F)CC1. The third kappa shape index (κ3) is 6.10. The lowest BCUT2D eigenvalue weighted by atomic mass is 9.78. The molecule has 1 saturated carbocycles. The Balaban J connectivity index is 2.27. The van der Waals surface area contributed by atoms with Crippen molar-refractivity contribution in [3.8, 4) is 11.5 Å². The average molecular weight is 436 g/mol. The summed E-state index contributed by atoms with van der Waals surface area (Å²) in [4.78, 5) is 11.0. The maximum absolute atomic E-state index is 13.1. The lowest BCUT2D eigenvalue weighted by molar-refractivity contribution is -0.290. The molecule has 1 aromatic carbocycles. The molecule has 164 valence electrons. The summed E-state index contributed by atoms with van der Waals surface area (Å²) in [5.74, 6) is -8.59. The fourth-order valence-electron chi connectivity index (χ4n) is 3.08. The van der Waals surface area contributed by atoms with Crippen LogP contribution < -0.4 is 9.47 Å². The first-order chi connectivity index (χ1) is 13.2. The minimum Gasteiger partial charge on any atom is -0.487 e. The van der Waals surface area contributed by atoms with Gasteiger partial charge in [0.2, 0.25) is 0 Å². The van der Waals surface area contributed by atoms with E-state index >= 15 is 0 Å². The number of carboxylic acid groups (broad SMARTS) is 1. The van der Waals surface area contributed by atoms with E-state index in [0.29, 0.717) is 0 Å². The predicted octanol–water partition coefficient (Wildman–Crippen LogP) is 5.52. The van der Waals surface area contributed by atoms with Gasteiger partial charge in [0.05, 0.1) is 5.92 Å². The van der Waals surface area contributed by atoms with Crippen LogP contribution in [0.1, 0.15) is 37.2 Å². The van der Waals surface area contributed by atoms with Crippen LogP contribution in [-0.4, -0.2) is 36.1 Å². The van der Waals surface area contributed by atoms with Gasteiger partial charge in [-0.15, -0.1) is 13.2 Å². The van der Waals surface area contributed by atoms with E-state index < -0.39 is 54.4 Å². The minimum atomic E-state index is -5.86. The van der Waals surface area contributed by atoms with Crippen molar-refractivity contribution in [2.45, 2.75) is 50.1 Å². The normalized spacial score (nSPS) is 21.0. The second-order valence-corrected chi connectivity index (χ2v) is 6.63. The number of ether oxygens (including phenoxy) is 2. The highest BCUT2D eigenvalue weighted by Crippen LogP contribution is 2.43. The number of benzene rings is 1. The van der Waals surface area contributed by atoms with Crippen molar-refractivity contribution in [1.82, 2.24) is 0 Å². The molecule has 0 atom stereocenters. The number of carbonyl (C=O) groups is 1. The third-order valence-electron chi connectivity index (χ3n) is 4.55. The lowest BCUT2D eigenvalue weighted by Crippen LogP contribution is -2.41. The fourth-order valence-corrected chi connectivity index (χ4v) is 3.08. The number of aliphatic carboxylic acids is 1. The smallest absolute Gasteiger partial charge is 0.487 e. The largest absolute Gasteiger partial charge is 0.573 e. The van der Waals surface area contributed by atoms with Gasteiger partial charge in [-0.2, -0.15) is 22.0 Å². The molecule has 0 amide bonds. The second kappa shape index (κ2) is 8.23. The van der Waals surface area contributed by atoms with Gasteiger partial charge in [-0.3, -0.25) is 4.79 Å². The first kappa shape index (κ1) is 23.0. The van der Waals surface area contributed by atoms with Crippen LogP contribution in [0.3, 0.4) is 0 Å². The van der Waals surface area contributed by atoms with Crippen LogP contribution in [0.15, 0.2) is 18.2 Å². The number of alkyl halides is 8. The molecule has 2 rings (SSSR count). The van der Waals surface area contributed by atoms with E-state index in [2.05, 4.69) is 9.47 Å². The number of hydrogen-bond donors (Lipinski definition) is 1. The highest BCUT2D eigenvalue weighted by molar-refractivity contribution is 5.70. The number of rotatable bonds is 6. The Morgan fingerprint density at radius 2 is 1.59 bits per heavy atom. The molecule has 0 aromatic heterocycles. The summed E-state index contributed by atoms with van der Waals surface area (Å²) in [6.45, 7) is -2.05. The Morgan fingerprint density at radius 1 is 1.00 bits per heavy atom. The van der Waals surface area contributed by atoms with Crippen molar-refractivity contribution in [2.75, 3.05) is 6.61 Å². The second-order valence-electron chi connectivity index (χ2n) is 6.63. The zero-order valence-corrected chi connectivity index (χ0v) is 14.6. The van der Waals surface area contributed by atoms with E-state index in [4.69, 9.17) is 5.11 Å². The summed E-state index contributed by atoms with van der Waals surface area (Å²) in [5.41, 5.74) is -0.0476. The van der Waals surface area contributed by atoms with E-state index in [1.165, 1.54) is 0 Å². The number of carboxylic acids is 1. The highest BCUT2D eigenvalue weighted by Gasteiger charge is 2.58. The van der Waals surface area contributed by atoms with Crippen LogP contribution in [0.4, 0.5) is 35.1 Å². The summed E-state index contributed by atoms with van der Waals surface area (Å²) in [5, 5.41) is 9.01. The monoisotopic (exact) mass is 436 g/mol. The van der Waals surface area contributed by atoms with Crippen molar-refractivity contribution in [1.29, 1.82) is 0 Å². The number of hydrogen-bond acceptors (Lipinski definition) is 3. The molecule has 0 heterocycles. The van der Waals surface area contributed by atoms with Crippen LogP contribution >= 0.6 is 0 Å². The van der Waals surface area contributed by atoms with Gasteiger partial charge in [-0.25, -0.2) is 0 Å². The van der Waals surface area contributed by atoms with E-state index in [1.807, 2.05) is 0 Å². The van der Waals surface area contributed by atoms with Gasteiger partial charge in [-0.05, 0) is 49.8 Å². The molecule has 1 aliphatic rings. The molecule has 0 saturated heterocycles. The van der Waals surface area contributed by atoms with E-state index in [9.17, 15) is 39.9 Å². The van der Waals surface area contributed by atoms with Crippen LogP contribution in [0.5, 0.6) is 11.5 Å². The first-order valence-corrected chi connectivity index (χ1v) is 8.39. The molecule has 1 N–H and O–H groups in total. The van der Waals surface area contributed by atoms with Crippen LogP contribution in [0.2, 0.25) is 0 Å². The van der Waals surface area contributed by atoms with Crippen molar-refractivity contribution in [3.05, 3.63) is 23.8 Å². The van der Waals surface area contributed by atoms with Crippen LogP contribution in [-0.2, 0) is 4.79 Å². The molecule has 1 fully saturated rings. The summed E-state index contributed by atoms with van der Waals surface area (Å²) in [6, 6.07) is 2.42. The topological polar surface area (TPSA) is 55.8 Å². The molecular weight excluding hydrogens is 420 g/mol. The Bertz CT molecular complexity index is 721. The van der Waals surface area contributed by atoms with Gasteiger partial charge < -0.3 is 14.6 Å². The maximum Gasteiger partial charge on any atom is 0.573 e. The molecule has 0 radical (unpaired) electrons. The summed E-state index contributed by atoms with van der Waals surface area (Å²) in [7, 11) is 0. The first-order valence-electron chi connectivity index (χ1n) is 8.39. The van der Waals surface area contributed by atoms with E-state index in [1.54, 1.807) is 0 Å². The van der Waals surface area contributed by atoms with Gasteiger partial charge in [0.25, 0.3) is 0 Å². The zero-order chi connectivity index (χ0) is 22.0. The molecule has 1 aromatic rings. The van der Waals surface area contributed by atoms with E-state index in [0.717, 1.165) is 18.2 Å². The van der Waals surface area contributed by atoms with Crippen LogP contribution in [0.25, 0.3) is 0 Å². The Morgan fingerprint density at radius 3 is 2.07 bits per heavy atom. The highest BCUT2D eigenvalue weighted by atomic mass is 19.4. The Labute approximate surface area is 159 Å². The molecule has 4 nitrogen and oxygen atoms in total. The summed E-state index contributed by atoms with van der Waals surface area (Å²) >= 11 is 0. The molecule has 1 aliphatic carbocycles. The predicted molar refractivity (Wildman–Crippen MR) is 82.0 cm³/mol. The van der Waals surface area contributed by atoms with Crippen molar-refractivity contribution in [3.63, 3.8) is 0 Å². The average Bonchev–Trinajstić information content (AvgIpc) is 2.58. The molecule has 29 heavy (non-hydrogen) atoms. The number of halogens is 8. The molecule has 0 bridgehead atoms. The minimum absolute atomic E-state index is 0.0476. The van der Waals surface area contributed by atoms with Gasteiger partial charge in [-0.1, -0.05) is 0 Å². The lowest BCUT2D eigenvalue weighted by Gasteiger charge is -2.28. The molecule has 12 heteroatoms. The van der Waals surface area contributed by atoms with Crippen molar-refractivity contribution in [2.24, 2.45) is 5.92 Å². The fraction of sp³-hybridized carbons (Fsp3) is 0.588. The zero-order valence-electron chi connectivity index (χ0n) is 14.6. The van der Waals surface area contributed by atoms with Gasteiger partial charge in [0.1, 0.15) is 11.5 Å². The molecule has 0 spiro atoms. The third-order valence-corrected chi connectivity index (χ3v) is 4.55. The standard InChI is InChI=1S/C17H16F8O4/c18-15(19,16(20,21)22)8-28-13-6-5-11(29-17(23,24)25)7-12(13)9-1-3-10(4-2-9)14(26)27/h5-7,9-10H,1-4,8H2,(H,26,27). The van der Waals surface area contributed by atoms with Gasteiger partial charge in [0.15, 0.2) is 6.61 Å². The summed E-state index contributed by atoms with van der Waals surface area (Å²) < 4.78 is 109. The molecule has 0 unspecified atom stereocenters. The quantitative estimate of drug-likeness (QED) is 0.597. The molecule has 0 aliphatic heterocycles. The van der Waals surface area contributed by atoms with Crippen molar-refractivity contribution >= 4 is 5.97 Å². The van der Waals surface area contributed by atoms with E-state index in [-0.39, 0.29) is 31.2 Å². The van der Waals surface area contributed by atoms with Crippen molar-refractivity contribution < 1.29 is 54.5 Å². The summed E-state index contributed by atoms with van der Waals surface area (Å²) in [6.07, 6.45) is -10.2. The Kier molecular flexibility index (Phi) is 6.53. The van der Waals surface area contributed by atoms with Gasteiger partial charge >= 0.3 is 24.4 Å².